The van der Waals surface area contributed by atoms with Crippen molar-refractivity contribution < 1.29 is 10.2 Å². The molecule has 0 amide bonds. The van der Waals surface area contributed by atoms with E-state index in [-0.39, 0.29) is 12.6 Å². The third-order valence-electron chi connectivity index (χ3n) is 2.78. The zero-order valence-electron chi connectivity index (χ0n) is 9.98. The van der Waals surface area contributed by atoms with Gasteiger partial charge in [-0.25, -0.2) is 0 Å². The topological polar surface area (TPSA) is 52.5 Å². The first kappa shape index (κ1) is 13.2. The molecular weight excluding hydrogens is 202 g/mol. The molecule has 3 N–H and O–H groups in total. The predicted molar refractivity (Wildman–Crippen MR) is 65.3 cm³/mol. The Morgan fingerprint density at radius 1 is 1.25 bits per heavy atom. The van der Waals surface area contributed by atoms with Crippen LogP contribution in [0.1, 0.15) is 30.6 Å². The summed E-state index contributed by atoms with van der Waals surface area (Å²) in [5, 5.41) is 22.0. The van der Waals surface area contributed by atoms with E-state index in [9.17, 15) is 5.11 Å². The SMILES string of the molecule is CCC(CO)NCC(O)c1ccc(C)cc1. The fourth-order valence-electron chi connectivity index (χ4n) is 1.52. The molecule has 1 aromatic rings. The molecule has 0 aliphatic heterocycles. The lowest BCUT2D eigenvalue weighted by Crippen LogP contribution is -2.34. The summed E-state index contributed by atoms with van der Waals surface area (Å²) in [7, 11) is 0. The van der Waals surface area contributed by atoms with Gasteiger partial charge in [0.2, 0.25) is 0 Å². The largest absolute Gasteiger partial charge is 0.395 e. The van der Waals surface area contributed by atoms with Crippen molar-refractivity contribution in [2.75, 3.05) is 13.2 Å². The van der Waals surface area contributed by atoms with Gasteiger partial charge in [-0.2, -0.15) is 0 Å². The summed E-state index contributed by atoms with van der Waals surface area (Å²) < 4.78 is 0. The predicted octanol–water partition coefficient (Wildman–Crippen LogP) is 1.39. The van der Waals surface area contributed by atoms with E-state index in [4.69, 9.17) is 5.11 Å². The van der Waals surface area contributed by atoms with Gasteiger partial charge in [0.15, 0.2) is 0 Å². The van der Waals surface area contributed by atoms with Crippen LogP contribution in [0, 0.1) is 6.92 Å². The Morgan fingerprint density at radius 2 is 1.88 bits per heavy atom. The highest BCUT2D eigenvalue weighted by molar-refractivity contribution is 5.23. The summed E-state index contributed by atoms with van der Waals surface area (Å²) in [6, 6.07) is 7.91. The van der Waals surface area contributed by atoms with E-state index in [1.54, 1.807) is 0 Å². The molecule has 0 saturated heterocycles. The Morgan fingerprint density at radius 3 is 2.38 bits per heavy atom. The van der Waals surface area contributed by atoms with Gasteiger partial charge in [-0.1, -0.05) is 36.8 Å². The Bertz CT molecular complexity index is 293. The van der Waals surface area contributed by atoms with Crippen LogP contribution in [0.5, 0.6) is 0 Å². The highest BCUT2D eigenvalue weighted by Crippen LogP contribution is 2.12. The summed E-state index contributed by atoms with van der Waals surface area (Å²) in [4.78, 5) is 0. The van der Waals surface area contributed by atoms with E-state index in [0.29, 0.717) is 6.54 Å². The van der Waals surface area contributed by atoms with E-state index < -0.39 is 6.10 Å². The number of rotatable bonds is 6. The zero-order valence-corrected chi connectivity index (χ0v) is 9.98. The number of aliphatic hydroxyl groups is 2. The molecule has 3 nitrogen and oxygen atoms in total. The summed E-state index contributed by atoms with van der Waals surface area (Å²) in [6.07, 6.45) is 0.345. The lowest BCUT2D eigenvalue weighted by molar-refractivity contribution is 0.158. The van der Waals surface area contributed by atoms with Gasteiger partial charge in [-0.15, -0.1) is 0 Å². The van der Waals surface area contributed by atoms with Crippen LogP contribution in [0.4, 0.5) is 0 Å². The maximum Gasteiger partial charge on any atom is 0.0914 e. The van der Waals surface area contributed by atoms with Crippen LogP contribution >= 0.6 is 0 Å². The fraction of sp³-hybridized carbons (Fsp3) is 0.538. The fourth-order valence-corrected chi connectivity index (χ4v) is 1.52. The van der Waals surface area contributed by atoms with Crippen LogP contribution in [0.3, 0.4) is 0 Å². The van der Waals surface area contributed by atoms with E-state index in [1.165, 1.54) is 5.56 Å². The van der Waals surface area contributed by atoms with Gasteiger partial charge in [-0.05, 0) is 18.9 Å². The van der Waals surface area contributed by atoms with Crippen LogP contribution in [-0.2, 0) is 0 Å². The Balaban J connectivity index is 2.46. The summed E-state index contributed by atoms with van der Waals surface area (Å²) >= 11 is 0. The molecule has 0 radical (unpaired) electrons. The van der Waals surface area contributed by atoms with Crippen molar-refractivity contribution in [2.24, 2.45) is 0 Å². The Kier molecular flexibility index (Phi) is 5.46. The van der Waals surface area contributed by atoms with Gasteiger partial charge in [0, 0.05) is 12.6 Å². The quantitative estimate of drug-likeness (QED) is 0.683. The van der Waals surface area contributed by atoms with E-state index in [1.807, 2.05) is 38.1 Å². The zero-order chi connectivity index (χ0) is 12.0. The molecule has 0 spiro atoms. The van der Waals surface area contributed by atoms with Crippen molar-refractivity contribution in [2.45, 2.75) is 32.4 Å². The molecule has 3 heteroatoms. The van der Waals surface area contributed by atoms with E-state index >= 15 is 0 Å². The van der Waals surface area contributed by atoms with Crippen molar-refractivity contribution in [3.05, 3.63) is 35.4 Å². The van der Waals surface area contributed by atoms with Crippen LogP contribution in [-0.4, -0.2) is 29.4 Å². The average molecular weight is 223 g/mol. The van der Waals surface area contributed by atoms with E-state index in [2.05, 4.69) is 5.32 Å². The van der Waals surface area contributed by atoms with Gasteiger partial charge in [-0.3, -0.25) is 0 Å². The molecule has 0 heterocycles. The third-order valence-corrected chi connectivity index (χ3v) is 2.78. The van der Waals surface area contributed by atoms with Gasteiger partial charge in [0.05, 0.1) is 12.7 Å². The van der Waals surface area contributed by atoms with Crippen molar-refractivity contribution in [3.63, 3.8) is 0 Å². The first-order valence-electron chi connectivity index (χ1n) is 5.76. The molecule has 1 aromatic carbocycles. The first-order valence-corrected chi connectivity index (χ1v) is 5.76. The number of nitrogens with one attached hydrogen (secondary N) is 1. The minimum absolute atomic E-state index is 0.0695. The molecule has 2 unspecified atom stereocenters. The van der Waals surface area contributed by atoms with Gasteiger partial charge < -0.3 is 15.5 Å². The Hall–Kier alpha value is -0.900. The normalized spacial score (nSPS) is 14.8. The molecule has 0 aliphatic carbocycles. The molecule has 0 saturated carbocycles. The molecular formula is C13H21NO2. The van der Waals surface area contributed by atoms with Crippen LogP contribution < -0.4 is 5.32 Å². The minimum Gasteiger partial charge on any atom is -0.395 e. The smallest absolute Gasteiger partial charge is 0.0914 e. The van der Waals surface area contributed by atoms with Crippen LogP contribution in [0.15, 0.2) is 24.3 Å². The monoisotopic (exact) mass is 223 g/mol. The number of aliphatic hydroxyl groups excluding tert-OH is 2. The second kappa shape index (κ2) is 6.63. The molecule has 0 aliphatic rings. The summed E-state index contributed by atoms with van der Waals surface area (Å²) in [5.74, 6) is 0. The molecule has 16 heavy (non-hydrogen) atoms. The lowest BCUT2D eigenvalue weighted by atomic mass is 10.1. The molecule has 0 aromatic heterocycles. The maximum atomic E-state index is 9.91. The first-order chi connectivity index (χ1) is 7.67. The summed E-state index contributed by atoms with van der Waals surface area (Å²) in [5.41, 5.74) is 2.09. The van der Waals surface area contributed by atoms with Crippen molar-refractivity contribution in [1.29, 1.82) is 0 Å². The van der Waals surface area contributed by atoms with Gasteiger partial charge >= 0.3 is 0 Å². The second-order valence-electron chi connectivity index (χ2n) is 4.12. The number of hydrogen-bond donors (Lipinski definition) is 3. The highest BCUT2D eigenvalue weighted by atomic mass is 16.3. The van der Waals surface area contributed by atoms with Gasteiger partial charge in [0.25, 0.3) is 0 Å². The standard InChI is InChI=1S/C13H21NO2/c1-3-12(9-15)14-8-13(16)11-6-4-10(2)5-7-11/h4-7,12-16H,3,8-9H2,1-2H3. The van der Waals surface area contributed by atoms with Crippen LogP contribution in [0.2, 0.25) is 0 Å². The van der Waals surface area contributed by atoms with Crippen molar-refractivity contribution >= 4 is 0 Å². The molecule has 0 bridgehead atoms. The molecule has 0 fully saturated rings. The Labute approximate surface area is 97.1 Å². The third kappa shape index (κ3) is 3.93. The maximum absolute atomic E-state index is 9.91. The molecule has 2 atom stereocenters. The lowest BCUT2D eigenvalue weighted by Gasteiger charge is -2.17. The number of hydrogen-bond acceptors (Lipinski definition) is 3. The van der Waals surface area contributed by atoms with Crippen molar-refractivity contribution in [3.8, 4) is 0 Å². The van der Waals surface area contributed by atoms with E-state index in [0.717, 1.165) is 12.0 Å². The van der Waals surface area contributed by atoms with Crippen LogP contribution in [0.25, 0.3) is 0 Å². The van der Waals surface area contributed by atoms with Crippen molar-refractivity contribution in [1.82, 2.24) is 5.32 Å². The number of aryl methyl sites for hydroxylation is 1. The average Bonchev–Trinajstić information content (AvgIpc) is 2.31. The minimum atomic E-state index is -0.513. The summed E-state index contributed by atoms with van der Waals surface area (Å²) in [6.45, 7) is 4.61. The molecule has 1 rings (SSSR count). The van der Waals surface area contributed by atoms with Gasteiger partial charge in [0.1, 0.15) is 0 Å². The molecule has 90 valence electrons. The highest BCUT2D eigenvalue weighted by Gasteiger charge is 2.09. The second-order valence-corrected chi connectivity index (χ2v) is 4.12. The number of benzene rings is 1.